The number of anilines is 1. The Kier molecular flexibility index (Phi) is 4.16. The molecule has 0 fully saturated rings. The van der Waals surface area contributed by atoms with Gasteiger partial charge < -0.3 is 15.2 Å². The van der Waals surface area contributed by atoms with Gasteiger partial charge >= 0.3 is 5.97 Å². The number of methoxy groups -OCH3 is 1. The minimum Gasteiger partial charge on any atom is -0.492 e. The fraction of sp³-hybridized carbons (Fsp3) is 0.273. The molecule has 0 bridgehead atoms. The van der Waals surface area contributed by atoms with E-state index in [1.807, 2.05) is 6.07 Å². The smallest absolute Gasteiger partial charge is 0.308 e. The van der Waals surface area contributed by atoms with Crippen LogP contribution in [-0.4, -0.2) is 19.7 Å². The Hall–Kier alpha value is -2.22. The van der Waals surface area contributed by atoms with E-state index in [0.29, 0.717) is 17.0 Å². The average molecular weight is 220 g/mol. The van der Waals surface area contributed by atoms with E-state index >= 15 is 0 Å². The summed E-state index contributed by atoms with van der Waals surface area (Å²) >= 11 is 0. The number of carbonyl (C=O) groups is 1. The number of nitriles is 1. The molecule has 2 N–H and O–H groups in total. The second-order valence-electron chi connectivity index (χ2n) is 3.04. The normalized spacial score (nSPS) is 9.25. The van der Waals surface area contributed by atoms with Gasteiger partial charge in [-0.05, 0) is 18.2 Å². The molecule has 0 saturated heterocycles. The second-order valence-corrected chi connectivity index (χ2v) is 3.04. The maximum absolute atomic E-state index is 10.8. The van der Waals surface area contributed by atoms with Crippen LogP contribution < -0.4 is 10.5 Å². The standard InChI is InChI=1S/C11H12N2O3/c1-15-11(14)4-5-16-10-3-2-9(13)6-8(10)7-12/h2-3,6H,4-5,13H2,1H3. The maximum atomic E-state index is 10.8. The summed E-state index contributed by atoms with van der Waals surface area (Å²) in [6.45, 7) is 0.172. The van der Waals surface area contributed by atoms with Gasteiger partial charge in [-0.1, -0.05) is 0 Å². The van der Waals surface area contributed by atoms with Gasteiger partial charge in [0.1, 0.15) is 11.8 Å². The number of ether oxygens (including phenoxy) is 2. The van der Waals surface area contributed by atoms with Crippen molar-refractivity contribution in [3.8, 4) is 11.8 Å². The zero-order valence-electron chi connectivity index (χ0n) is 8.90. The SMILES string of the molecule is COC(=O)CCOc1ccc(N)cc1C#N. The fourth-order valence-corrected chi connectivity index (χ4v) is 1.11. The van der Waals surface area contributed by atoms with Gasteiger partial charge in [0.2, 0.25) is 0 Å². The third-order valence-electron chi connectivity index (χ3n) is 1.92. The molecule has 0 aliphatic carbocycles. The summed E-state index contributed by atoms with van der Waals surface area (Å²) in [6.07, 6.45) is 0.145. The highest BCUT2D eigenvalue weighted by atomic mass is 16.5. The lowest BCUT2D eigenvalue weighted by molar-refractivity contribution is -0.141. The molecule has 0 radical (unpaired) electrons. The van der Waals surface area contributed by atoms with Crippen LogP contribution in [0.2, 0.25) is 0 Å². The van der Waals surface area contributed by atoms with Crippen molar-refractivity contribution >= 4 is 11.7 Å². The molecule has 0 unspecified atom stereocenters. The Morgan fingerprint density at radius 1 is 1.56 bits per heavy atom. The highest BCUT2D eigenvalue weighted by Crippen LogP contribution is 2.20. The molecule has 0 aromatic heterocycles. The molecule has 84 valence electrons. The molecule has 0 amide bonds. The summed E-state index contributed by atoms with van der Waals surface area (Å²) < 4.78 is 9.74. The molecular weight excluding hydrogens is 208 g/mol. The highest BCUT2D eigenvalue weighted by molar-refractivity contribution is 5.69. The zero-order valence-corrected chi connectivity index (χ0v) is 8.90. The van der Waals surface area contributed by atoms with Crippen molar-refractivity contribution in [1.29, 1.82) is 5.26 Å². The van der Waals surface area contributed by atoms with Crippen LogP contribution in [0.25, 0.3) is 0 Å². The van der Waals surface area contributed by atoms with Gasteiger partial charge in [-0.15, -0.1) is 0 Å². The van der Waals surface area contributed by atoms with Crippen LogP contribution >= 0.6 is 0 Å². The van der Waals surface area contributed by atoms with Gasteiger partial charge in [-0.3, -0.25) is 4.79 Å². The van der Waals surface area contributed by atoms with Gasteiger partial charge in [0, 0.05) is 5.69 Å². The van der Waals surface area contributed by atoms with Gasteiger partial charge in [-0.25, -0.2) is 0 Å². The fourth-order valence-electron chi connectivity index (χ4n) is 1.11. The van der Waals surface area contributed by atoms with Crippen LogP contribution in [0.1, 0.15) is 12.0 Å². The van der Waals surface area contributed by atoms with Crippen molar-refractivity contribution in [3.63, 3.8) is 0 Å². The van der Waals surface area contributed by atoms with Crippen LogP contribution in [0.3, 0.4) is 0 Å². The first-order chi connectivity index (χ1) is 7.67. The van der Waals surface area contributed by atoms with E-state index in [-0.39, 0.29) is 19.0 Å². The molecular formula is C11H12N2O3. The molecule has 0 aliphatic heterocycles. The average Bonchev–Trinajstić information content (AvgIpc) is 2.30. The summed E-state index contributed by atoms with van der Waals surface area (Å²) in [6, 6.07) is 6.72. The molecule has 5 heteroatoms. The van der Waals surface area contributed by atoms with E-state index in [1.165, 1.54) is 13.2 Å². The lowest BCUT2D eigenvalue weighted by Gasteiger charge is -2.07. The maximum Gasteiger partial charge on any atom is 0.308 e. The van der Waals surface area contributed by atoms with Gasteiger partial charge in [-0.2, -0.15) is 5.26 Å². The quantitative estimate of drug-likeness (QED) is 0.606. The number of rotatable bonds is 4. The van der Waals surface area contributed by atoms with Crippen molar-refractivity contribution in [3.05, 3.63) is 23.8 Å². The number of hydrogen-bond acceptors (Lipinski definition) is 5. The van der Waals surface area contributed by atoms with E-state index in [9.17, 15) is 4.79 Å². The molecule has 5 nitrogen and oxygen atoms in total. The van der Waals surface area contributed by atoms with E-state index in [1.54, 1.807) is 12.1 Å². The Morgan fingerprint density at radius 3 is 2.94 bits per heavy atom. The van der Waals surface area contributed by atoms with Gasteiger partial charge in [0.25, 0.3) is 0 Å². The van der Waals surface area contributed by atoms with Crippen molar-refractivity contribution in [2.75, 3.05) is 19.5 Å². The topological polar surface area (TPSA) is 85.3 Å². The number of hydrogen-bond donors (Lipinski definition) is 1. The Bertz CT molecular complexity index is 424. The Morgan fingerprint density at radius 2 is 2.31 bits per heavy atom. The van der Waals surface area contributed by atoms with E-state index in [0.717, 1.165) is 0 Å². The zero-order chi connectivity index (χ0) is 12.0. The molecule has 0 aliphatic rings. The molecule has 1 rings (SSSR count). The second kappa shape index (κ2) is 5.61. The number of benzene rings is 1. The monoisotopic (exact) mass is 220 g/mol. The van der Waals surface area contributed by atoms with Crippen LogP contribution in [-0.2, 0) is 9.53 Å². The molecule has 0 heterocycles. The molecule has 16 heavy (non-hydrogen) atoms. The van der Waals surface area contributed by atoms with E-state index in [4.69, 9.17) is 15.7 Å². The van der Waals surface area contributed by atoms with Crippen LogP contribution in [0.15, 0.2) is 18.2 Å². The molecule has 1 aromatic carbocycles. The Labute approximate surface area is 93.4 Å². The summed E-state index contributed by atoms with van der Waals surface area (Å²) in [7, 11) is 1.31. The van der Waals surface area contributed by atoms with Crippen LogP contribution in [0, 0.1) is 11.3 Å². The summed E-state index contributed by atoms with van der Waals surface area (Å²) in [4.78, 5) is 10.8. The minimum atomic E-state index is -0.353. The van der Waals surface area contributed by atoms with Gasteiger partial charge in [0.15, 0.2) is 0 Å². The number of nitrogens with two attached hydrogens (primary N) is 1. The predicted octanol–water partition coefficient (Wildman–Crippen LogP) is 1.08. The van der Waals surface area contributed by atoms with E-state index < -0.39 is 0 Å². The first kappa shape index (κ1) is 11.9. The Balaban J connectivity index is 2.61. The highest BCUT2D eigenvalue weighted by Gasteiger charge is 2.05. The van der Waals surface area contributed by atoms with Crippen LogP contribution in [0.4, 0.5) is 5.69 Å². The molecule has 0 atom stereocenters. The third-order valence-corrected chi connectivity index (χ3v) is 1.92. The minimum absolute atomic E-state index is 0.145. The third kappa shape index (κ3) is 3.17. The number of esters is 1. The first-order valence-corrected chi connectivity index (χ1v) is 4.66. The lowest BCUT2D eigenvalue weighted by Crippen LogP contribution is -2.08. The van der Waals surface area contributed by atoms with E-state index in [2.05, 4.69) is 4.74 Å². The summed E-state index contributed by atoms with van der Waals surface area (Å²) in [5.74, 6) is 0.0644. The van der Waals surface area contributed by atoms with Crippen LogP contribution in [0.5, 0.6) is 5.75 Å². The number of nitrogen functional groups attached to an aromatic ring is 1. The van der Waals surface area contributed by atoms with Gasteiger partial charge in [0.05, 0.1) is 25.7 Å². The summed E-state index contributed by atoms with van der Waals surface area (Å²) in [5, 5.41) is 8.82. The predicted molar refractivity (Wildman–Crippen MR) is 57.7 cm³/mol. The number of carbonyl (C=O) groups excluding carboxylic acids is 1. The number of nitrogens with zero attached hydrogens (tertiary/aromatic N) is 1. The van der Waals surface area contributed by atoms with Crippen molar-refractivity contribution in [2.45, 2.75) is 6.42 Å². The molecule has 0 saturated carbocycles. The first-order valence-electron chi connectivity index (χ1n) is 4.66. The van der Waals surface area contributed by atoms with Crippen molar-refractivity contribution < 1.29 is 14.3 Å². The summed E-state index contributed by atoms with van der Waals surface area (Å²) in [5.41, 5.74) is 6.37. The molecule has 0 spiro atoms. The van der Waals surface area contributed by atoms with Crippen molar-refractivity contribution in [2.24, 2.45) is 0 Å². The van der Waals surface area contributed by atoms with Crippen molar-refractivity contribution in [1.82, 2.24) is 0 Å². The lowest BCUT2D eigenvalue weighted by atomic mass is 10.2. The molecule has 1 aromatic rings. The largest absolute Gasteiger partial charge is 0.492 e.